The number of methoxy groups -OCH3 is 2. The van der Waals surface area contributed by atoms with Gasteiger partial charge in [0.05, 0.1) is 31.7 Å². The van der Waals surface area contributed by atoms with E-state index in [1.807, 2.05) is 32.2 Å². The van der Waals surface area contributed by atoms with Crippen LogP contribution in [-0.4, -0.2) is 73.2 Å². The fourth-order valence-corrected chi connectivity index (χ4v) is 3.93. The van der Waals surface area contributed by atoms with Gasteiger partial charge in [-0.25, -0.2) is 9.97 Å². The molecule has 9 nitrogen and oxygen atoms in total. The van der Waals surface area contributed by atoms with Gasteiger partial charge < -0.3 is 30.1 Å². The van der Waals surface area contributed by atoms with Crippen molar-refractivity contribution < 1.29 is 14.6 Å². The van der Waals surface area contributed by atoms with Gasteiger partial charge >= 0.3 is 0 Å². The summed E-state index contributed by atoms with van der Waals surface area (Å²) in [4.78, 5) is 16.0. The molecule has 0 saturated heterocycles. The van der Waals surface area contributed by atoms with E-state index in [2.05, 4.69) is 25.5 Å². The Hall–Kier alpha value is -2.49. The molecule has 0 unspecified atom stereocenters. The molecule has 3 rings (SSSR count). The number of aliphatic hydroxyl groups excluding tert-OH is 1. The van der Waals surface area contributed by atoms with Gasteiger partial charge in [-0.2, -0.15) is 4.98 Å². The van der Waals surface area contributed by atoms with Crippen molar-refractivity contribution in [2.75, 3.05) is 62.7 Å². The third-order valence-corrected chi connectivity index (χ3v) is 6.09. The highest BCUT2D eigenvalue weighted by molar-refractivity contribution is 5.57. The first kappa shape index (κ1) is 25.1. The largest absolute Gasteiger partial charge is 0.395 e. The predicted octanol–water partition coefficient (Wildman–Crippen LogP) is 3.34. The number of ether oxygens (including phenoxy) is 2. The minimum absolute atomic E-state index is 0.0220. The van der Waals surface area contributed by atoms with Gasteiger partial charge in [-0.1, -0.05) is 26.7 Å². The summed E-state index contributed by atoms with van der Waals surface area (Å²) in [5.41, 5.74) is 1.48. The molecule has 0 aliphatic heterocycles. The Kier molecular flexibility index (Phi) is 9.22. The fourth-order valence-electron chi connectivity index (χ4n) is 3.93. The lowest BCUT2D eigenvalue weighted by molar-refractivity contribution is 0.190. The molecule has 0 radical (unpaired) electrons. The zero-order chi connectivity index (χ0) is 23.7. The second-order valence-electron chi connectivity index (χ2n) is 9.12. The number of hydrogen-bond acceptors (Lipinski definition) is 9. The van der Waals surface area contributed by atoms with E-state index < -0.39 is 5.41 Å². The van der Waals surface area contributed by atoms with Crippen molar-refractivity contribution >= 4 is 23.3 Å². The van der Waals surface area contributed by atoms with E-state index in [9.17, 15) is 5.11 Å². The molecule has 33 heavy (non-hydrogen) atoms. The number of nitrogens with zero attached hydrogens (tertiary/aromatic N) is 4. The Morgan fingerprint density at radius 2 is 1.76 bits per heavy atom. The molecule has 3 N–H and O–H groups in total. The first-order valence-corrected chi connectivity index (χ1v) is 11.7. The van der Waals surface area contributed by atoms with Crippen molar-refractivity contribution in [3.05, 3.63) is 30.1 Å². The molecular formula is C24H38N6O3. The van der Waals surface area contributed by atoms with Crippen LogP contribution in [0.5, 0.6) is 0 Å². The SMILES string of the molecule is COCCN(CCOC)c1ccc(Nc2ncc(C(C)(C)CO)c(NC3CCCC3)n2)nc1. The molecule has 1 aliphatic rings. The van der Waals surface area contributed by atoms with Crippen molar-refractivity contribution in [1.82, 2.24) is 15.0 Å². The van der Waals surface area contributed by atoms with E-state index >= 15 is 0 Å². The first-order valence-electron chi connectivity index (χ1n) is 11.7. The Bertz CT molecular complexity index is 848. The summed E-state index contributed by atoms with van der Waals surface area (Å²) in [6.07, 6.45) is 8.36. The van der Waals surface area contributed by atoms with Crippen LogP contribution in [0.3, 0.4) is 0 Å². The van der Waals surface area contributed by atoms with Crippen molar-refractivity contribution in [2.45, 2.75) is 51.0 Å². The number of rotatable bonds is 13. The number of aliphatic hydroxyl groups is 1. The highest BCUT2D eigenvalue weighted by Gasteiger charge is 2.27. The van der Waals surface area contributed by atoms with Gasteiger partial charge in [0.15, 0.2) is 0 Å². The minimum atomic E-state index is -0.437. The van der Waals surface area contributed by atoms with Crippen LogP contribution < -0.4 is 15.5 Å². The fraction of sp³-hybridized carbons (Fsp3) is 0.625. The summed E-state index contributed by atoms with van der Waals surface area (Å²) in [6.45, 7) is 6.80. The van der Waals surface area contributed by atoms with Crippen molar-refractivity contribution in [3.63, 3.8) is 0 Å². The summed E-state index contributed by atoms with van der Waals surface area (Å²) in [5, 5.41) is 16.7. The van der Waals surface area contributed by atoms with E-state index in [-0.39, 0.29) is 6.61 Å². The van der Waals surface area contributed by atoms with E-state index in [1.54, 1.807) is 20.4 Å². The van der Waals surface area contributed by atoms with Crippen LogP contribution in [0, 0.1) is 0 Å². The Morgan fingerprint density at radius 3 is 2.33 bits per heavy atom. The Labute approximate surface area is 196 Å². The monoisotopic (exact) mass is 458 g/mol. The van der Waals surface area contributed by atoms with E-state index in [0.717, 1.165) is 43.0 Å². The van der Waals surface area contributed by atoms with Crippen LogP contribution in [0.1, 0.15) is 45.1 Å². The number of nitrogens with one attached hydrogen (secondary N) is 2. The molecule has 2 aromatic rings. The van der Waals surface area contributed by atoms with Crippen molar-refractivity contribution in [3.8, 4) is 0 Å². The molecule has 1 fully saturated rings. The first-order chi connectivity index (χ1) is 16.0. The minimum Gasteiger partial charge on any atom is -0.395 e. The van der Waals surface area contributed by atoms with Gasteiger partial charge in [0.1, 0.15) is 11.6 Å². The van der Waals surface area contributed by atoms with Gasteiger partial charge in [-0.3, -0.25) is 0 Å². The highest BCUT2D eigenvalue weighted by Crippen LogP contribution is 2.31. The van der Waals surface area contributed by atoms with Gasteiger partial charge in [-0.15, -0.1) is 0 Å². The molecular weight excluding hydrogens is 420 g/mol. The molecule has 0 bridgehead atoms. The van der Waals surface area contributed by atoms with Crippen LogP contribution in [-0.2, 0) is 14.9 Å². The zero-order valence-corrected chi connectivity index (χ0v) is 20.3. The van der Waals surface area contributed by atoms with Crippen LogP contribution in [0.15, 0.2) is 24.5 Å². The molecule has 182 valence electrons. The van der Waals surface area contributed by atoms with Crippen molar-refractivity contribution in [2.24, 2.45) is 0 Å². The quantitative estimate of drug-likeness (QED) is 0.417. The Balaban J connectivity index is 1.76. The van der Waals surface area contributed by atoms with Crippen LogP contribution in [0.25, 0.3) is 0 Å². The second kappa shape index (κ2) is 12.1. The number of hydrogen-bond donors (Lipinski definition) is 3. The van der Waals surface area contributed by atoms with Gasteiger partial charge in [0.2, 0.25) is 5.95 Å². The average molecular weight is 459 g/mol. The molecule has 9 heteroatoms. The summed E-state index contributed by atoms with van der Waals surface area (Å²) in [7, 11) is 3.39. The summed E-state index contributed by atoms with van der Waals surface area (Å²) in [5.74, 6) is 1.92. The van der Waals surface area contributed by atoms with Crippen LogP contribution in [0.2, 0.25) is 0 Å². The summed E-state index contributed by atoms with van der Waals surface area (Å²) >= 11 is 0. The zero-order valence-electron chi connectivity index (χ0n) is 20.3. The third-order valence-electron chi connectivity index (χ3n) is 6.09. The molecule has 0 spiro atoms. The van der Waals surface area contributed by atoms with Gasteiger partial charge in [-0.05, 0) is 25.0 Å². The van der Waals surface area contributed by atoms with E-state index in [0.29, 0.717) is 31.0 Å². The number of anilines is 4. The molecule has 2 heterocycles. The second-order valence-corrected chi connectivity index (χ2v) is 9.12. The topological polar surface area (TPSA) is 105 Å². The highest BCUT2D eigenvalue weighted by atomic mass is 16.5. The lowest BCUT2D eigenvalue weighted by atomic mass is 9.86. The van der Waals surface area contributed by atoms with Gasteiger partial charge in [0.25, 0.3) is 0 Å². The normalized spacial score (nSPS) is 14.5. The van der Waals surface area contributed by atoms with Crippen molar-refractivity contribution in [1.29, 1.82) is 0 Å². The predicted molar refractivity (Wildman–Crippen MR) is 132 cm³/mol. The summed E-state index contributed by atoms with van der Waals surface area (Å²) < 4.78 is 10.4. The van der Waals surface area contributed by atoms with E-state index in [4.69, 9.17) is 14.5 Å². The van der Waals surface area contributed by atoms with Crippen LogP contribution in [0.4, 0.5) is 23.3 Å². The average Bonchev–Trinajstić information content (AvgIpc) is 3.33. The number of aromatic nitrogens is 3. The van der Waals surface area contributed by atoms with Crippen LogP contribution >= 0.6 is 0 Å². The molecule has 0 aromatic carbocycles. The maximum absolute atomic E-state index is 9.89. The lowest BCUT2D eigenvalue weighted by Crippen LogP contribution is -2.30. The van der Waals surface area contributed by atoms with Gasteiger partial charge in [0, 0.05) is 50.5 Å². The maximum Gasteiger partial charge on any atom is 0.230 e. The lowest BCUT2D eigenvalue weighted by Gasteiger charge is -2.26. The molecule has 2 aromatic heterocycles. The van der Waals surface area contributed by atoms with E-state index in [1.165, 1.54) is 12.8 Å². The molecule has 1 aliphatic carbocycles. The number of pyridine rings is 1. The summed E-state index contributed by atoms with van der Waals surface area (Å²) in [6, 6.07) is 4.34. The third kappa shape index (κ3) is 6.99. The Morgan fingerprint density at radius 1 is 1.06 bits per heavy atom. The molecule has 0 amide bonds. The standard InChI is InChI=1S/C24H38N6O3/c1-24(2,17-31)20-16-26-23(29-22(20)27-18-7-5-6-8-18)28-21-10-9-19(15-25-21)30(11-13-32-3)12-14-33-4/h9-10,15-16,18,31H,5-8,11-14,17H2,1-4H3,(H2,25,26,27,28,29). The maximum atomic E-state index is 9.89. The molecule has 0 atom stereocenters. The smallest absolute Gasteiger partial charge is 0.230 e. The molecule has 1 saturated carbocycles.